The van der Waals surface area contributed by atoms with Crippen molar-refractivity contribution in [1.29, 1.82) is 0 Å². The van der Waals surface area contributed by atoms with Gasteiger partial charge in [-0.2, -0.15) is 5.10 Å². The van der Waals surface area contributed by atoms with Crippen LogP contribution in [0.1, 0.15) is 47.1 Å². The third-order valence-electron chi connectivity index (χ3n) is 5.33. The number of nitrogens with one attached hydrogen (secondary N) is 1. The summed E-state index contributed by atoms with van der Waals surface area (Å²) < 4.78 is 30.9. The molecular weight excluding hydrogens is 366 g/mol. The quantitative estimate of drug-likeness (QED) is 0.867. The molecule has 8 heteroatoms. The van der Waals surface area contributed by atoms with Gasteiger partial charge in [0.15, 0.2) is 15.5 Å². The molecule has 1 aliphatic heterocycles. The molecule has 1 N–H and O–H groups in total. The van der Waals surface area contributed by atoms with Crippen LogP contribution in [-0.4, -0.2) is 42.7 Å². The molecule has 0 saturated carbocycles. The summed E-state index contributed by atoms with van der Waals surface area (Å²) in [5, 5.41) is 7.48. The topological polar surface area (TPSA) is 90.3 Å². The number of sulfone groups is 1. The molecule has 27 heavy (non-hydrogen) atoms. The van der Waals surface area contributed by atoms with Gasteiger partial charge >= 0.3 is 0 Å². The minimum absolute atomic E-state index is 0.106. The highest BCUT2D eigenvalue weighted by Crippen LogP contribution is 2.32. The van der Waals surface area contributed by atoms with Crippen LogP contribution in [0.25, 0.3) is 0 Å². The lowest BCUT2D eigenvalue weighted by Gasteiger charge is -2.17. The molecule has 1 aromatic heterocycles. The van der Waals surface area contributed by atoms with Crippen molar-refractivity contribution in [2.75, 3.05) is 23.9 Å². The summed E-state index contributed by atoms with van der Waals surface area (Å²) in [6, 6.07) is 7.06. The number of carbonyl (C=O) groups is 1. The smallest absolute Gasteiger partial charge is 0.276 e. The molecule has 2 aliphatic rings. The van der Waals surface area contributed by atoms with E-state index < -0.39 is 9.84 Å². The van der Waals surface area contributed by atoms with E-state index in [4.69, 9.17) is 4.74 Å². The van der Waals surface area contributed by atoms with Gasteiger partial charge in [-0.25, -0.2) is 8.42 Å². The van der Waals surface area contributed by atoms with Gasteiger partial charge in [0.2, 0.25) is 0 Å². The molecule has 1 atom stereocenters. The molecule has 0 spiro atoms. The summed E-state index contributed by atoms with van der Waals surface area (Å²) in [5.74, 6) is 0.599. The number of rotatable bonds is 4. The first-order chi connectivity index (χ1) is 13.0. The van der Waals surface area contributed by atoms with Crippen LogP contribution < -0.4 is 10.1 Å². The van der Waals surface area contributed by atoms with Crippen LogP contribution in [0.3, 0.4) is 0 Å². The monoisotopic (exact) mass is 389 g/mol. The Morgan fingerprint density at radius 3 is 2.78 bits per heavy atom. The Labute approximate surface area is 158 Å². The van der Waals surface area contributed by atoms with Gasteiger partial charge in [0.05, 0.1) is 30.3 Å². The van der Waals surface area contributed by atoms with E-state index >= 15 is 0 Å². The number of para-hydroxylation sites is 2. The Bertz CT molecular complexity index is 981. The molecular formula is C19H23N3O4S. The van der Waals surface area contributed by atoms with Crippen molar-refractivity contribution in [3.8, 4) is 5.75 Å². The highest BCUT2D eigenvalue weighted by atomic mass is 32.2. The standard InChI is InChI=1S/C19H23N3O4S/c1-26-17-9-5-3-7-15(17)20-19(23)18-14-6-2-4-8-16(14)22(21-18)13-10-11-27(24,25)12-13/h3,5,7,9,13H,2,4,6,8,10-12H2,1H3,(H,20,23)/t13-/m0/s1. The van der Waals surface area contributed by atoms with Gasteiger partial charge in [-0.05, 0) is 44.2 Å². The fourth-order valence-corrected chi connectivity index (χ4v) is 5.70. The number of methoxy groups -OCH3 is 1. The second kappa shape index (κ2) is 6.99. The number of benzene rings is 1. The Morgan fingerprint density at radius 2 is 2.04 bits per heavy atom. The summed E-state index contributed by atoms with van der Waals surface area (Å²) in [6.45, 7) is 0. The second-order valence-electron chi connectivity index (χ2n) is 7.14. The number of ether oxygens (including phenoxy) is 1. The number of aromatic nitrogens is 2. The van der Waals surface area contributed by atoms with Crippen LogP contribution in [0.15, 0.2) is 24.3 Å². The van der Waals surface area contributed by atoms with E-state index in [0.29, 0.717) is 23.6 Å². The molecule has 1 amide bonds. The van der Waals surface area contributed by atoms with Gasteiger partial charge in [-0.3, -0.25) is 9.48 Å². The summed E-state index contributed by atoms with van der Waals surface area (Å²) in [4.78, 5) is 12.9. The van der Waals surface area contributed by atoms with Gasteiger partial charge in [0.1, 0.15) is 5.75 Å². The van der Waals surface area contributed by atoms with Gasteiger partial charge < -0.3 is 10.1 Å². The van der Waals surface area contributed by atoms with E-state index in [9.17, 15) is 13.2 Å². The lowest BCUT2D eigenvalue weighted by Crippen LogP contribution is -2.17. The first kappa shape index (κ1) is 18.0. The average molecular weight is 389 g/mol. The number of nitrogens with zero attached hydrogens (tertiary/aromatic N) is 2. The largest absolute Gasteiger partial charge is 0.495 e. The molecule has 1 fully saturated rings. The number of anilines is 1. The SMILES string of the molecule is COc1ccccc1NC(=O)c1nn([C@H]2CCS(=O)(=O)C2)c2c1CCCC2. The summed E-state index contributed by atoms with van der Waals surface area (Å²) in [7, 11) is -1.46. The van der Waals surface area contributed by atoms with Gasteiger partial charge in [-0.15, -0.1) is 0 Å². The molecule has 7 nitrogen and oxygen atoms in total. The first-order valence-electron chi connectivity index (χ1n) is 9.23. The lowest BCUT2D eigenvalue weighted by molar-refractivity contribution is 0.102. The third kappa shape index (κ3) is 3.45. The van der Waals surface area contributed by atoms with E-state index in [0.717, 1.165) is 36.9 Å². The zero-order valence-electron chi connectivity index (χ0n) is 15.3. The maximum Gasteiger partial charge on any atom is 0.276 e. The Balaban J connectivity index is 1.67. The van der Waals surface area contributed by atoms with E-state index in [1.807, 2.05) is 16.8 Å². The summed E-state index contributed by atoms with van der Waals surface area (Å²) in [6.07, 6.45) is 4.23. The van der Waals surface area contributed by atoms with Gasteiger partial charge in [0.25, 0.3) is 5.91 Å². The van der Waals surface area contributed by atoms with E-state index in [-0.39, 0.29) is 23.5 Å². The molecule has 0 unspecified atom stereocenters. The van der Waals surface area contributed by atoms with Crippen LogP contribution in [0.2, 0.25) is 0 Å². The number of fused-ring (bicyclic) bond motifs is 1. The molecule has 1 saturated heterocycles. The predicted octanol–water partition coefficient (Wildman–Crippen LogP) is 2.38. The van der Waals surface area contributed by atoms with Crippen molar-refractivity contribution in [3.05, 3.63) is 41.2 Å². The van der Waals surface area contributed by atoms with Crippen LogP contribution in [0.5, 0.6) is 5.75 Å². The maximum atomic E-state index is 12.9. The molecule has 2 heterocycles. The zero-order chi connectivity index (χ0) is 19.0. The predicted molar refractivity (Wildman–Crippen MR) is 102 cm³/mol. The lowest BCUT2D eigenvalue weighted by atomic mass is 9.95. The van der Waals surface area contributed by atoms with E-state index in [1.54, 1.807) is 19.2 Å². The van der Waals surface area contributed by atoms with Crippen molar-refractivity contribution in [1.82, 2.24) is 9.78 Å². The van der Waals surface area contributed by atoms with Gasteiger partial charge in [-0.1, -0.05) is 12.1 Å². The van der Waals surface area contributed by atoms with E-state index in [2.05, 4.69) is 10.4 Å². The molecule has 1 aromatic carbocycles. The fraction of sp³-hybridized carbons (Fsp3) is 0.474. The van der Waals surface area contributed by atoms with Crippen molar-refractivity contribution in [3.63, 3.8) is 0 Å². The molecule has 0 radical (unpaired) electrons. The second-order valence-corrected chi connectivity index (χ2v) is 9.37. The Hall–Kier alpha value is -2.35. The van der Waals surface area contributed by atoms with Gasteiger partial charge in [0, 0.05) is 11.3 Å². The summed E-state index contributed by atoms with van der Waals surface area (Å²) >= 11 is 0. The maximum absolute atomic E-state index is 12.9. The molecule has 1 aliphatic carbocycles. The Kier molecular flexibility index (Phi) is 4.67. The minimum Gasteiger partial charge on any atom is -0.495 e. The highest BCUT2D eigenvalue weighted by molar-refractivity contribution is 7.91. The fourth-order valence-electron chi connectivity index (χ4n) is 4.01. The Morgan fingerprint density at radius 1 is 1.26 bits per heavy atom. The van der Waals surface area contributed by atoms with Crippen molar-refractivity contribution >= 4 is 21.4 Å². The first-order valence-corrected chi connectivity index (χ1v) is 11.1. The number of hydrogen-bond acceptors (Lipinski definition) is 5. The minimum atomic E-state index is -3.02. The molecule has 4 rings (SSSR count). The molecule has 2 aromatic rings. The van der Waals surface area contributed by atoms with Crippen LogP contribution in [0.4, 0.5) is 5.69 Å². The summed E-state index contributed by atoms with van der Waals surface area (Å²) in [5.41, 5.74) is 2.97. The van der Waals surface area contributed by atoms with Crippen LogP contribution in [0, 0.1) is 0 Å². The normalized spacial score (nSPS) is 20.9. The van der Waals surface area contributed by atoms with Crippen LogP contribution >= 0.6 is 0 Å². The van der Waals surface area contributed by atoms with Crippen LogP contribution in [-0.2, 0) is 22.7 Å². The average Bonchev–Trinajstić information content (AvgIpc) is 3.22. The van der Waals surface area contributed by atoms with E-state index in [1.165, 1.54) is 0 Å². The third-order valence-corrected chi connectivity index (χ3v) is 7.08. The van der Waals surface area contributed by atoms with Crippen molar-refractivity contribution in [2.45, 2.75) is 38.1 Å². The van der Waals surface area contributed by atoms with Crippen molar-refractivity contribution < 1.29 is 17.9 Å². The van der Waals surface area contributed by atoms with Crippen molar-refractivity contribution in [2.24, 2.45) is 0 Å². The number of carbonyl (C=O) groups excluding carboxylic acids is 1. The number of amides is 1. The zero-order valence-corrected chi connectivity index (χ0v) is 16.1. The molecule has 144 valence electrons. The molecule has 0 bridgehead atoms. The highest BCUT2D eigenvalue weighted by Gasteiger charge is 2.34. The number of hydrogen-bond donors (Lipinski definition) is 1.